The summed E-state index contributed by atoms with van der Waals surface area (Å²) >= 11 is 1.34. The van der Waals surface area contributed by atoms with Crippen LogP contribution in [-0.4, -0.2) is 6.54 Å². The largest absolute Gasteiger partial charge is 0.310 e. The van der Waals surface area contributed by atoms with Gasteiger partial charge in [-0.3, -0.25) is 0 Å². The van der Waals surface area contributed by atoms with Crippen molar-refractivity contribution >= 4 is 11.8 Å². The molecule has 0 spiro atoms. The molecule has 112 valence electrons. The van der Waals surface area contributed by atoms with E-state index in [0.29, 0.717) is 4.90 Å². The predicted octanol–water partition coefficient (Wildman–Crippen LogP) is 5.18. The van der Waals surface area contributed by atoms with Crippen LogP contribution in [0.25, 0.3) is 0 Å². The van der Waals surface area contributed by atoms with E-state index >= 15 is 0 Å². The number of benzene rings is 2. The number of rotatable bonds is 6. The second-order valence-electron chi connectivity index (χ2n) is 4.73. The third kappa shape index (κ3) is 4.05. The lowest BCUT2D eigenvalue weighted by Crippen LogP contribution is -2.20. The molecule has 1 nitrogen and oxygen atoms in total. The summed E-state index contributed by atoms with van der Waals surface area (Å²) in [5, 5.41) is 3.43. The Hall–Kier alpha value is -1.39. The van der Waals surface area contributed by atoms with Crippen LogP contribution in [0.15, 0.2) is 52.3 Å². The molecule has 0 aliphatic rings. The van der Waals surface area contributed by atoms with Crippen LogP contribution in [0.3, 0.4) is 0 Å². The average molecular weight is 307 g/mol. The maximum absolute atomic E-state index is 13.8. The maximum atomic E-state index is 13.8. The highest BCUT2D eigenvalue weighted by Gasteiger charge is 2.14. The molecular weight excluding hydrogens is 288 g/mol. The first-order valence-corrected chi connectivity index (χ1v) is 7.92. The highest BCUT2D eigenvalue weighted by molar-refractivity contribution is 7.99. The van der Waals surface area contributed by atoms with Crippen LogP contribution in [0.2, 0.25) is 0 Å². The molecule has 0 radical (unpaired) electrons. The minimum Gasteiger partial charge on any atom is -0.310 e. The number of nitrogens with one attached hydrogen (secondary N) is 1. The van der Waals surface area contributed by atoms with E-state index in [1.807, 2.05) is 18.2 Å². The standard InChI is InChI=1S/C17H19F2NS/c1-3-15(20-4-2)13-7-5-6-8-16(13)21-17-10-9-12(18)11-14(17)19/h5-11,15,20H,3-4H2,1-2H3. The van der Waals surface area contributed by atoms with Crippen molar-refractivity contribution in [3.8, 4) is 0 Å². The van der Waals surface area contributed by atoms with Crippen molar-refractivity contribution in [2.24, 2.45) is 0 Å². The van der Waals surface area contributed by atoms with Crippen molar-refractivity contribution in [1.29, 1.82) is 0 Å². The average Bonchev–Trinajstić information content (AvgIpc) is 2.48. The summed E-state index contributed by atoms with van der Waals surface area (Å²) in [5.41, 5.74) is 1.15. The van der Waals surface area contributed by atoms with Gasteiger partial charge in [-0.25, -0.2) is 8.78 Å². The first kappa shape index (κ1) is 16.0. The van der Waals surface area contributed by atoms with Crippen molar-refractivity contribution in [3.63, 3.8) is 0 Å². The van der Waals surface area contributed by atoms with E-state index in [-0.39, 0.29) is 6.04 Å². The summed E-state index contributed by atoms with van der Waals surface area (Å²) < 4.78 is 26.8. The van der Waals surface area contributed by atoms with Crippen LogP contribution in [0, 0.1) is 11.6 Å². The minimum absolute atomic E-state index is 0.238. The van der Waals surface area contributed by atoms with Crippen LogP contribution in [0.1, 0.15) is 31.9 Å². The highest BCUT2D eigenvalue weighted by Crippen LogP contribution is 2.35. The second kappa shape index (κ2) is 7.57. The summed E-state index contributed by atoms with van der Waals surface area (Å²) in [5.74, 6) is -1.07. The fourth-order valence-electron chi connectivity index (χ4n) is 2.26. The van der Waals surface area contributed by atoms with Gasteiger partial charge in [0.15, 0.2) is 0 Å². The van der Waals surface area contributed by atoms with Crippen LogP contribution < -0.4 is 5.32 Å². The van der Waals surface area contributed by atoms with E-state index < -0.39 is 11.6 Å². The lowest BCUT2D eigenvalue weighted by molar-refractivity contribution is 0.530. The molecule has 2 aromatic carbocycles. The van der Waals surface area contributed by atoms with Gasteiger partial charge in [0, 0.05) is 21.9 Å². The Kier molecular flexibility index (Phi) is 5.76. The number of halogens is 2. The van der Waals surface area contributed by atoms with Gasteiger partial charge >= 0.3 is 0 Å². The van der Waals surface area contributed by atoms with Gasteiger partial charge in [0.1, 0.15) is 11.6 Å². The van der Waals surface area contributed by atoms with Crippen LogP contribution in [0.5, 0.6) is 0 Å². The minimum atomic E-state index is -0.552. The Morgan fingerprint density at radius 2 is 1.81 bits per heavy atom. The van der Waals surface area contributed by atoms with Crippen molar-refractivity contribution in [2.75, 3.05) is 6.54 Å². The molecule has 1 N–H and O–H groups in total. The van der Waals surface area contributed by atoms with Gasteiger partial charge in [0.2, 0.25) is 0 Å². The zero-order chi connectivity index (χ0) is 15.2. The summed E-state index contributed by atoms with van der Waals surface area (Å²) in [7, 11) is 0. The van der Waals surface area contributed by atoms with Crippen molar-refractivity contribution in [2.45, 2.75) is 36.1 Å². The molecule has 0 aliphatic heterocycles. The van der Waals surface area contributed by atoms with E-state index in [2.05, 4.69) is 25.2 Å². The third-order valence-electron chi connectivity index (χ3n) is 3.27. The Labute approximate surface area is 128 Å². The fourth-order valence-corrected chi connectivity index (χ4v) is 3.26. The summed E-state index contributed by atoms with van der Waals surface area (Å²) in [6.45, 7) is 5.06. The van der Waals surface area contributed by atoms with Crippen molar-refractivity contribution in [3.05, 3.63) is 59.7 Å². The molecule has 0 heterocycles. The van der Waals surface area contributed by atoms with Gasteiger partial charge in [-0.15, -0.1) is 0 Å². The highest BCUT2D eigenvalue weighted by atomic mass is 32.2. The van der Waals surface area contributed by atoms with E-state index in [1.165, 1.54) is 23.9 Å². The molecule has 0 aromatic heterocycles. The molecule has 0 saturated carbocycles. The van der Waals surface area contributed by atoms with E-state index in [1.54, 1.807) is 0 Å². The zero-order valence-corrected chi connectivity index (χ0v) is 13.0. The number of hydrogen-bond donors (Lipinski definition) is 1. The molecule has 0 amide bonds. The molecule has 1 atom stereocenters. The quantitative estimate of drug-likeness (QED) is 0.789. The third-order valence-corrected chi connectivity index (χ3v) is 4.41. The molecule has 0 saturated heterocycles. The normalized spacial score (nSPS) is 12.4. The lowest BCUT2D eigenvalue weighted by atomic mass is 10.0. The van der Waals surface area contributed by atoms with Crippen molar-refractivity contribution < 1.29 is 8.78 Å². The van der Waals surface area contributed by atoms with E-state index in [9.17, 15) is 8.78 Å². The molecule has 2 aromatic rings. The SMILES string of the molecule is CCNC(CC)c1ccccc1Sc1ccc(F)cc1F. The second-order valence-corrected chi connectivity index (χ2v) is 5.82. The summed E-state index contributed by atoms with van der Waals surface area (Å²) in [6.07, 6.45) is 0.956. The Morgan fingerprint density at radius 1 is 1.05 bits per heavy atom. The first-order chi connectivity index (χ1) is 10.2. The van der Waals surface area contributed by atoms with Crippen LogP contribution in [-0.2, 0) is 0 Å². The topological polar surface area (TPSA) is 12.0 Å². The fraction of sp³-hybridized carbons (Fsp3) is 0.294. The summed E-state index contributed by atoms with van der Waals surface area (Å²) in [4.78, 5) is 1.44. The molecule has 0 fully saturated rings. The molecule has 0 bridgehead atoms. The van der Waals surface area contributed by atoms with Gasteiger partial charge in [0.05, 0.1) is 0 Å². The van der Waals surface area contributed by atoms with Crippen LogP contribution >= 0.6 is 11.8 Å². The molecule has 2 rings (SSSR count). The van der Waals surface area contributed by atoms with Gasteiger partial charge in [-0.2, -0.15) is 0 Å². The molecule has 1 unspecified atom stereocenters. The van der Waals surface area contributed by atoms with Gasteiger partial charge in [0.25, 0.3) is 0 Å². The van der Waals surface area contributed by atoms with E-state index in [0.717, 1.165) is 29.5 Å². The lowest BCUT2D eigenvalue weighted by Gasteiger charge is -2.19. The van der Waals surface area contributed by atoms with Gasteiger partial charge in [-0.1, -0.05) is 43.8 Å². The van der Waals surface area contributed by atoms with Gasteiger partial charge < -0.3 is 5.32 Å². The Morgan fingerprint density at radius 3 is 2.48 bits per heavy atom. The number of hydrogen-bond acceptors (Lipinski definition) is 2. The monoisotopic (exact) mass is 307 g/mol. The molecule has 0 aliphatic carbocycles. The Balaban J connectivity index is 2.31. The van der Waals surface area contributed by atoms with Crippen LogP contribution in [0.4, 0.5) is 8.78 Å². The van der Waals surface area contributed by atoms with Gasteiger partial charge in [-0.05, 0) is 36.7 Å². The summed E-state index contributed by atoms with van der Waals surface area (Å²) in [6, 6.07) is 11.9. The molecule has 21 heavy (non-hydrogen) atoms. The van der Waals surface area contributed by atoms with Crippen molar-refractivity contribution in [1.82, 2.24) is 5.32 Å². The first-order valence-electron chi connectivity index (χ1n) is 7.10. The van der Waals surface area contributed by atoms with E-state index in [4.69, 9.17) is 0 Å². The smallest absolute Gasteiger partial charge is 0.140 e. The maximum Gasteiger partial charge on any atom is 0.140 e. The molecule has 4 heteroatoms. The Bertz CT molecular complexity index is 601. The molecular formula is C17H19F2NS. The zero-order valence-electron chi connectivity index (χ0n) is 12.2. The predicted molar refractivity (Wildman–Crippen MR) is 83.6 cm³/mol.